The summed E-state index contributed by atoms with van der Waals surface area (Å²) in [5, 5.41) is 0. The van der Waals surface area contributed by atoms with Crippen molar-refractivity contribution in [3.63, 3.8) is 0 Å². The predicted molar refractivity (Wildman–Crippen MR) is 95.8 cm³/mol. The van der Waals surface area contributed by atoms with Crippen molar-refractivity contribution in [1.82, 2.24) is 9.97 Å². The summed E-state index contributed by atoms with van der Waals surface area (Å²) >= 11 is 0. The lowest BCUT2D eigenvalue weighted by Gasteiger charge is -2.28. The van der Waals surface area contributed by atoms with Crippen LogP contribution in [-0.2, 0) is 12.8 Å². The highest BCUT2D eigenvalue weighted by atomic mass is 14.9. The van der Waals surface area contributed by atoms with Crippen LogP contribution in [0.15, 0.2) is 36.7 Å². The first-order valence-electron chi connectivity index (χ1n) is 9.19. The summed E-state index contributed by atoms with van der Waals surface area (Å²) in [4.78, 5) is 9.18. The molecule has 0 atom stereocenters. The average Bonchev–Trinajstić information content (AvgIpc) is 2.63. The zero-order chi connectivity index (χ0) is 16.1. The molecule has 2 aromatic rings. The smallest absolute Gasteiger partial charge is 0.131 e. The summed E-state index contributed by atoms with van der Waals surface area (Å²) in [5.74, 6) is 2.33. The number of aryl methyl sites for hydroxylation is 2. The summed E-state index contributed by atoms with van der Waals surface area (Å²) in [5.41, 5.74) is 4.22. The molecule has 1 aromatic heterocycles. The van der Waals surface area contributed by atoms with Crippen molar-refractivity contribution in [3.05, 3.63) is 59.2 Å². The van der Waals surface area contributed by atoms with Gasteiger partial charge in [0.2, 0.25) is 0 Å². The van der Waals surface area contributed by atoms with Crippen molar-refractivity contribution >= 4 is 0 Å². The van der Waals surface area contributed by atoms with Crippen molar-refractivity contribution in [1.29, 1.82) is 0 Å². The average molecular weight is 308 g/mol. The Bertz CT molecular complexity index is 593. The van der Waals surface area contributed by atoms with Crippen LogP contribution in [0.5, 0.6) is 0 Å². The van der Waals surface area contributed by atoms with Gasteiger partial charge in [-0.3, -0.25) is 0 Å². The fourth-order valence-corrected chi connectivity index (χ4v) is 3.69. The molecule has 2 heteroatoms. The number of hydrogen-bond donors (Lipinski definition) is 0. The molecule has 0 N–H and O–H groups in total. The van der Waals surface area contributed by atoms with Gasteiger partial charge in [-0.1, -0.05) is 44.5 Å². The van der Waals surface area contributed by atoms with Crippen LogP contribution in [0.1, 0.15) is 80.3 Å². The molecule has 122 valence electrons. The zero-order valence-corrected chi connectivity index (χ0v) is 14.5. The van der Waals surface area contributed by atoms with Crippen LogP contribution in [-0.4, -0.2) is 9.97 Å². The van der Waals surface area contributed by atoms with E-state index in [0.717, 1.165) is 18.2 Å². The lowest BCUT2D eigenvalue weighted by Crippen LogP contribution is -2.14. The van der Waals surface area contributed by atoms with Crippen molar-refractivity contribution in [2.24, 2.45) is 0 Å². The summed E-state index contributed by atoms with van der Waals surface area (Å²) < 4.78 is 0. The zero-order valence-electron chi connectivity index (χ0n) is 14.5. The fraction of sp³-hybridized carbons (Fsp3) is 0.524. The Morgan fingerprint density at radius 2 is 1.43 bits per heavy atom. The molecule has 0 bridgehead atoms. The van der Waals surface area contributed by atoms with Gasteiger partial charge < -0.3 is 0 Å². The van der Waals surface area contributed by atoms with Gasteiger partial charge >= 0.3 is 0 Å². The van der Waals surface area contributed by atoms with E-state index in [1.165, 1.54) is 55.2 Å². The lowest BCUT2D eigenvalue weighted by molar-refractivity contribution is 0.385. The van der Waals surface area contributed by atoms with Crippen LogP contribution >= 0.6 is 0 Å². The topological polar surface area (TPSA) is 25.8 Å². The minimum Gasteiger partial charge on any atom is -0.241 e. The second kappa shape index (κ2) is 7.72. The standard InChI is InChI=1S/C21H28N2/c1-3-5-17-6-8-18(9-7-17)19-10-12-20(13-11-19)21-22-14-16(4-2)15-23-21/h6-9,14-15,19-20H,3-5,10-13H2,1-2H3. The van der Waals surface area contributed by atoms with E-state index in [-0.39, 0.29) is 0 Å². The number of rotatable bonds is 5. The molecule has 0 saturated heterocycles. The van der Waals surface area contributed by atoms with E-state index >= 15 is 0 Å². The molecule has 0 unspecified atom stereocenters. The molecule has 2 nitrogen and oxygen atoms in total. The lowest BCUT2D eigenvalue weighted by atomic mass is 9.78. The summed E-state index contributed by atoms with van der Waals surface area (Å²) in [6.45, 7) is 4.39. The van der Waals surface area contributed by atoms with Crippen molar-refractivity contribution in [3.8, 4) is 0 Å². The van der Waals surface area contributed by atoms with E-state index in [0.29, 0.717) is 5.92 Å². The van der Waals surface area contributed by atoms with E-state index in [1.807, 2.05) is 12.4 Å². The van der Waals surface area contributed by atoms with Crippen molar-refractivity contribution in [2.45, 2.75) is 70.6 Å². The van der Waals surface area contributed by atoms with Gasteiger partial charge in [0.05, 0.1) is 0 Å². The molecule has 1 fully saturated rings. The minimum atomic E-state index is 0.552. The molecule has 3 rings (SSSR count). The van der Waals surface area contributed by atoms with Crippen molar-refractivity contribution < 1.29 is 0 Å². The van der Waals surface area contributed by atoms with Gasteiger partial charge in [0, 0.05) is 18.3 Å². The Labute approximate surface area is 140 Å². The number of aromatic nitrogens is 2. The highest BCUT2D eigenvalue weighted by Gasteiger charge is 2.25. The number of benzene rings is 1. The van der Waals surface area contributed by atoms with Crippen molar-refractivity contribution in [2.75, 3.05) is 0 Å². The largest absolute Gasteiger partial charge is 0.241 e. The first kappa shape index (κ1) is 16.2. The highest BCUT2D eigenvalue weighted by Crippen LogP contribution is 2.39. The van der Waals surface area contributed by atoms with Gasteiger partial charge in [0.25, 0.3) is 0 Å². The third kappa shape index (κ3) is 3.99. The van der Waals surface area contributed by atoms with Crippen LogP contribution in [0.4, 0.5) is 0 Å². The number of nitrogens with zero attached hydrogens (tertiary/aromatic N) is 2. The Kier molecular flexibility index (Phi) is 5.43. The SMILES string of the molecule is CCCc1ccc(C2CCC(c3ncc(CC)cn3)CC2)cc1. The molecule has 1 aliphatic rings. The summed E-state index contributed by atoms with van der Waals surface area (Å²) in [6, 6.07) is 9.33. The fourth-order valence-electron chi connectivity index (χ4n) is 3.69. The molecule has 1 aliphatic carbocycles. The van der Waals surface area contributed by atoms with Crippen LogP contribution in [0.2, 0.25) is 0 Å². The highest BCUT2D eigenvalue weighted by molar-refractivity contribution is 5.26. The van der Waals surface area contributed by atoms with Gasteiger partial charge in [-0.25, -0.2) is 9.97 Å². The summed E-state index contributed by atoms with van der Waals surface area (Å²) in [7, 11) is 0. The van der Waals surface area contributed by atoms with Gasteiger partial charge in [-0.2, -0.15) is 0 Å². The minimum absolute atomic E-state index is 0.552. The Hall–Kier alpha value is -1.70. The molecule has 23 heavy (non-hydrogen) atoms. The first-order valence-corrected chi connectivity index (χ1v) is 9.19. The molecule has 0 amide bonds. The van der Waals surface area contributed by atoms with E-state index in [4.69, 9.17) is 0 Å². The molecular weight excluding hydrogens is 280 g/mol. The Balaban J connectivity index is 1.59. The quantitative estimate of drug-likeness (QED) is 0.735. The molecule has 0 spiro atoms. The van der Waals surface area contributed by atoms with Crippen LogP contribution in [0.3, 0.4) is 0 Å². The second-order valence-corrected chi connectivity index (χ2v) is 6.84. The molecule has 0 radical (unpaired) electrons. The monoisotopic (exact) mass is 308 g/mol. The van der Waals surface area contributed by atoms with E-state index in [2.05, 4.69) is 48.1 Å². The maximum atomic E-state index is 4.59. The van der Waals surface area contributed by atoms with Gasteiger partial charge in [-0.15, -0.1) is 0 Å². The number of hydrogen-bond acceptors (Lipinski definition) is 2. The van der Waals surface area contributed by atoms with Gasteiger partial charge in [0.1, 0.15) is 5.82 Å². The van der Waals surface area contributed by atoms with Crippen LogP contribution in [0.25, 0.3) is 0 Å². The second-order valence-electron chi connectivity index (χ2n) is 6.84. The van der Waals surface area contributed by atoms with E-state index in [9.17, 15) is 0 Å². The normalized spacial score (nSPS) is 21.3. The van der Waals surface area contributed by atoms with Gasteiger partial charge in [0.15, 0.2) is 0 Å². The maximum Gasteiger partial charge on any atom is 0.131 e. The summed E-state index contributed by atoms with van der Waals surface area (Å²) in [6.07, 6.45) is 12.4. The predicted octanol–water partition coefficient (Wildman–Crippen LogP) is 5.43. The first-order chi connectivity index (χ1) is 11.3. The van der Waals surface area contributed by atoms with E-state index in [1.54, 1.807) is 0 Å². The maximum absolute atomic E-state index is 4.59. The van der Waals surface area contributed by atoms with E-state index < -0.39 is 0 Å². The third-order valence-corrected chi connectivity index (χ3v) is 5.22. The van der Waals surface area contributed by atoms with Gasteiger partial charge in [-0.05, 0) is 61.1 Å². The molecule has 1 aromatic carbocycles. The Morgan fingerprint density at radius 3 is 2.00 bits per heavy atom. The third-order valence-electron chi connectivity index (χ3n) is 5.22. The molecule has 1 heterocycles. The molecule has 1 saturated carbocycles. The Morgan fingerprint density at radius 1 is 0.826 bits per heavy atom. The molecular formula is C21H28N2. The molecule has 0 aliphatic heterocycles. The van der Waals surface area contributed by atoms with Crippen LogP contribution < -0.4 is 0 Å². The van der Waals surface area contributed by atoms with Crippen LogP contribution in [0, 0.1) is 0 Å².